The minimum absolute atomic E-state index is 0.0429. The molecule has 5 heterocycles. The SMILES string of the molecule is CC(C)(O)COc1cn2ncc(C#N)c2c(-c2ccc(N3CCC(Oc4ccccn4)CC3)nc2)c1Cl. The van der Waals surface area contributed by atoms with E-state index in [2.05, 4.69) is 21.1 Å². The monoisotopic (exact) mass is 518 g/mol. The van der Waals surface area contributed by atoms with E-state index >= 15 is 0 Å². The Morgan fingerprint density at radius 3 is 2.62 bits per heavy atom. The summed E-state index contributed by atoms with van der Waals surface area (Å²) in [5.41, 5.74) is 1.26. The standard InChI is InChI=1S/C27H27ClN6O3/c1-27(2,35)17-36-21-16-34-26(19(13-29)15-32-34)24(25(21)28)18-6-7-22(31-14-18)33-11-8-20(9-12-33)37-23-5-3-4-10-30-23/h3-7,10,14-16,20,35H,8-9,11-12,17H2,1-2H3. The highest BCUT2D eigenvalue weighted by Gasteiger charge is 2.24. The maximum Gasteiger partial charge on any atom is 0.213 e. The predicted molar refractivity (Wildman–Crippen MR) is 140 cm³/mol. The number of nitrogens with zero attached hydrogens (tertiary/aromatic N) is 6. The number of nitriles is 1. The molecule has 4 aromatic rings. The number of rotatable bonds is 7. The fourth-order valence-electron chi connectivity index (χ4n) is 4.32. The molecule has 190 valence electrons. The molecule has 0 unspecified atom stereocenters. The Labute approximate surface area is 219 Å². The number of ether oxygens (including phenoxy) is 2. The first-order valence-electron chi connectivity index (χ1n) is 12.1. The van der Waals surface area contributed by atoms with Crippen molar-refractivity contribution in [3.8, 4) is 28.8 Å². The molecule has 1 N–H and O–H groups in total. The van der Waals surface area contributed by atoms with E-state index in [0.29, 0.717) is 33.3 Å². The van der Waals surface area contributed by atoms with Crippen molar-refractivity contribution in [1.82, 2.24) is 19.6 Å². The van der Waals surface area contributed by atoms with Gasteiger partial charge in [-0.1, -0.05) is 17.7 Å². The molecule has 4 aromatic heterocycles. The van der Waals surface area contributed by atoms with Gasteiger partial charge in [-0.3, -0.25) is 0 Å². The molecule has 0 bridgehead atoms. The number of piperidine rings is 1. The Balaban J connectivity index is 1.38. The van der Waals surface area contributed by atoms with E-state index in [9.17, 15) is 10.4 Å². The Hall–Kier alpha value is -3.87. The number of hydrogen-bond donors (Lipinski definition) is 1. The molecule has 5 rings (SSSR count). The molecule has 0 radical (unpaired) electrons. The number of hydrogen-bond acceptors (Lipinski definition) is 8. The number of fused-ring (bicyclic) bond motifs is 1. The third-order valence-corrected chi connectivity index (χ3v) is 6.51. The van der Waals surface area contributed by atoms with Gasteiger partial charge in [0.15, 0.2) is 5.75 Å². The molecule has 1 aliphatic rings. The van der Waals surface area contributed by atoms with E-state index in [0.717, 1.165) is 37.3 Å². The zero-order valence-electron chi connectivity index (χ0n) is 20.6. The molecule has 1 fully saturated rings. The first-order valence-corrected chi connectivity index (χ1v) is 12.4. The Kier molecular flexibility index (Phi) is 6.87. The smallest absolute Gasteiger partial charge is 0.213 e. The lowest BCUT2D eigenvalue weighted by atomic mass is 10.0. The molecule has 0 spiro atoms. The van der Waals surface area contributed by atoms with Gasteiger partial charge < -0.3 is 19.5 Å². The van der Waals surface area contributed by atoms with Crippen molar-refractivity contribution >= 4 is 22.9 Å². The van der Waals surface area contributed by atoms with E-state index in [-0.39, 0.29) is 12.7 Å². The molecule has 0 saturated carbocycles. The first kappa shape index (κ1) is 24.8. The number of anilines is 1. The van der Waals surface area contributed by atoms with Gasteiger partial charge in [-0.2, -0.15) is 10.4 Å². The third-order valence-electron chi connectivity index (χ3n) is 6.14. The second kappa shape index (κ2) is 10.2. The van der Waals surface area contributed by atoms with Crippen molar-refractivity contribution < 1.29 is 14.6 Å². The van der Waals surface area contributed by atoms with Gasteiger partial charge >= 0.3 is 0 Å². The number of pyridine rings is 3. The van der Waals surface area contributed by atoms with Crippen LogP contribution < -0.4 is 14.4 Å². The van der Waals surface area contributed by atoms with E-state index in [1.807, 2.05) is 30.3 Å². The maximum absolute atomic E-state index is 10.1. The lowest BCUT2D eigenvalue weighted by Gasteiger charge is -2.32. The number of aliphatic hydroxyl groups is 1. The van der Waals surface area contributed by atoms with Crippen LogP contribution in [0, 0.1) is 11.3 Å². The van der Waals surface area contributed by atoms with Crippen molar-refractivity contribution in [2.24, 2.45) is 0 Å². The van der Waals surface area contributed by atoms with Gasteiger partial charge in [-0.25, -0.2) is 14.5 Å². The summed E-state index contributed by atoms with van der Waals surface area (Å²) in [5.74, 6) is 1.87. The second-order valence-corrected chi connectivity index (χ2v) is 10.0. The molecule has 0 aliphatic carbocycles. The van der Waals surface area contributed by atoms with Gasteiger partial charge in [0, 0.05) is 55.5 Å². The molecule has 0 amide bonds. The summed E-state index contributed by atoms with van der Waals surface area (Å²) >= 11 is 6.79. The van der Waals surface area contributed by atoms with E-state index in [1.165, 1.54) is 6.20 Å². The van der Waals surface area contributed by atoms with Crippen LogP contribution >= 0.6 is 11.6 Å². The predicted octanol–water partition coefficient (Wildman–Crippen LogP) is 4.51. The van der Waals surface area contributed by atoms with Gasteiger partial charge in [0.2, 0.25) is 5.88 Å². The van der Waals surface area contributed by atoms with Crippen LogP contribution in [0.1, 0.15) is 32.3 Å². The largest absolute Gasteiger partial charge is 0.487 e. The Morgan fingerprint density at radius 2 is 1.97 bits per heavy atom. The van der Waals surface area contributed by atoms with E-state index in [4.69, 9.17) is 26.1 Å². The molecule has 1 saturated heterocycles. The Morgan fingerprint density at radius 1 is 1.16 bits per heavy atom. The molecule has 10 heteroatoms. The van der Waals surface area contributed by atoms with Crippen molar-refractivity contribution in [2.45, 2.75) is 38.4 Å². The summed E-state index contributed by atoms with van der Waals surface area (Å²) in [6, 6.07) is 11.7. The normalized spacial score (nSPS) is 14.5. The summed E-state index contributed by atoms with van der Waals surface area (Å²) in [5, 5.41) is 24.4. The first-order chi connectivity index (χ1) is 17.8. The zero-order chi connectivity index (χ0) is 26.0. The molecule has 1 aliphatic heterocycles. The fraction of sp³-hybridized carbons (Fsp3) is 0.333. The average Bonchev–Trinajstić information content (AvgIpc) is 3.31. The van der Waals surface area contributed by atoms with Crippen LogP contribution in [0.3, 0.4) is 0 Å². The Bertz CT molecular complexity index is 1420. The minimum atomic E-state index is -1.04. The van der Waals surface area contributed by atoms with Crippen LogP contribution in [0.15, 0.2) is 55.1 Å². The summed E-state index contributed by atoms with van der Waals surface area (Å²) in [4.78, 5) is 11.2. The molecule has 0 aromatic carbocycles. The number of aromatic nitrogens is 4. The van der Waals surface area contributed by atoms with Gasteiger partial charge in [-0.15, -0.1) is 0 Å². The van der Waals surface area contributed by atoms with Crippen LogP contribution in [-0.4, -0.2) is 56.1 Å². The van der Waals surface area contributed by atoms with Gasteiger partial charge in [0.25, 0.3) is 0 Å². The average molecular weight is 519 g/mol. The van der Waals surface area contributed by atoms with Gasteiger partial charge in [-0.05, 0) is 32.0 Å². The second-order valence-electron chi connectivity index (χ2n) is 9.62. The summed E-state index contributed by atoms with van der Waals surface area (Å²) in [6.45, 7) is 4.98. The summed E-state index contributed by atoms with van der Waals surface area (Å²) in [6.07, 6.45) is 8.45. The van der Waals surface area contributed by atoms with Crippen molar-refractivity contribution in [2.75, 3.05) is 24.6 Å². The zero-order valence-corrected chi connectivity index (χ0v) is 21.4. The van der Waals surface area contributed by atoms with Gasteiger partial charge in [0.05, 0.1) is 34.1 Å². The summed E-state index contributed by atoms with van der Waals surface area (Å²) in [7, 11) is 0. The lowest BCUT2D eigenvalue weighted by molar-refractivity contribution is 0.0283. The number of halogens is 1. The van der Waals surface area contributed by atoms with E-state index in [1.54, 1.807) is 37.0 Å². The summed E-state index contributed by atoms with van der Waals surface area (Å²) < 4.78 is 13.4. The third kappa shape index (κ3) is 5.45. The van der Waals surface area contributed by atoms with Gasteiger partial charge in [0.1, 0.15) is 24.6 Å². The van der Waals surface area contributed by atoms with Crippen molar-refractivity contribution in [3.05, 3.63) is 65.7 Å². The van der Waals surface area contributed by atoms with Crippen LogP contribution in [0.5, 0.6) is 11.6 Å². The topological polar surface area (TPSA) is 109 Å². The highest BCUT2D eigenvalue weighted by atomic mass is 35.5. The quantitative estimate of drug-likeness (QED) is 0.380. The highest BCUT2D eigenvalue weighted by Crippen LogP contribution is 2.40. The molecule has 9 nitrogen and oxygen atoms in total. The van der Waals surface area contributed by atoms with Crippen LogP contribution in [-0.2, 0) is 0 Å². The van der Waals surface area contributed by atoms with Crippen LogP contribution in [0.4, 0.5) is 5.82 Å². The maximum atomic E-state index is 10.1. The van der Waals surface area contributed by atoms with Crippen molar-refractivity contribution in [1.29, 1.82) is 5.26 Å². The molecule has 0 atom stereocenters. The minimum Gasteiger partial charge on any atom is -0.487 e. The van der Waals surface area contributed by atoms with Crippen molar-refractivity contribution in [3.63, 3.8) is 0 Å². The highest BCUT2D eigenvalue weighted by molar-refractivity contribution is 6.35. The lowest BCUT2D eigenvalue weighted by Crippen LogP contribution is -2.38. The van der Waals surface area contributed by atoms with Crippen LogP contribution in [0.2, 0.25) is 5.02 Å². The molecular weight excluding hydrogens is 492 g/mol. The molecule has 37 heavy (non-hydrogen) atoms. The van der Waals surface area contributed by atoms with E-state index < -0.39 is 5.60 Å². The molecular formula is C27H27ClN6O3. The fourth-order valence-corrected chi connectivity index (χ4v) is 4.62. The van der Waals surface area contributed by atoms with Crippen LogP contribution in [0.25, 0.3) is 16.6 Å².